The van der Waals surface area contributed by atoms with Crippen LogP contribution >= 0.6 is 11.6 Å². The summed E-state index contributed by atoms with van der Waals surface area (Å²) in [7, 11) is 0. The molecule has 146 valence electrons. The summed E-state index contributed by atoms with van der Waals surface area (Å²) in [6.07, 6.45) is 5.40. The van der Waals surface area contributed by atoms with E-state index in [4.69, 9.17) is 20.8 Å². The van der Waals surface area contributed by atoms with E-state index in [0.717, 1.165) is 34.9 Å². The molecule has 1 saturated heterocycles. The molecule has 4 rings (SSSR count). The quantitative estimate of drug-likeness (QED) is 0.626. The normalized spacial score (nSPS) is 17.2. The average Bonchev–Trinajstić information content (AvgIpc) is 3.04. The summed E-state index contributed by atoms with van der Waals surface area (Å²) in [5.74, 6) is 0.271. The molecule has 0 unspecified atom stereocenters. The smallest absolute Gasteiger partial charge is 0.289 e. The van der Waals surface area contributed by atoms with Gasteiger partial charge in [-0.05, 0) is 56.0 Å². The van der Waals surface area contributed by atoms with E-state index in [1.54, 1.807) is 12.4 Å². The van der Waals surface area contributed by atoms with E-state index in [-0.39, 0.29) is 12.0 Å². The number of pyridine rings is 1. The SMILES string of the molecule is Cc1cc(Cl)c2oc(C(=O)N3CCC[C@@H](OCc4cccnc4)C3)c(C)c2c1. The summed E-state index contributed by atoms with van der Waals surface area (Å²) < 4.78 is 11.9. The van der Waals surface area contributed by atoms with Crippen LogP contribution in [0.5, 0.6) is 0 Å². The minimum atomic E-state index is -0.0999. The lowest BCUT2D eigenvalue weighted by Gasteiger charge is -2.32. The van der Waals surface area contributed by atoms with E-state index in [1.165, 1.54) is 0 Å². The molecule has 1 aliphatic rings. The van der Waals surface area contributed by atoms with Crippen LogP contribution in [-0.4, -0.2) is 35.0 Å². The number of hydrogen-bond donors (Lipinski definition) is 0. The summed E-state index contributed by atoms with van der Waals surface area (Å²) in [6, 6.07) is 7.74. The van der Waals surface area contributed by atoms with Gasteiger partial charge in [-0.2, -0.15) is 0 Å². The Kier molecular flexibility index (Phi) is 5.38. The second-order valence-electron chi connectivity index (χ2n) is 7.37. The summed E-state index contributed by atoms with van der Waals surface area (Å²) >= 11 is 6.32. The largest absolute Gasteiger partial charge is 0.449 e. The first-order valence-corrected chi connectivity index (χ1v) is 9.89. The van der Waals surface area contributed by atoms with Crippen molar-refractivity contribution in [2.75, 3.05) is 13.1 Å². The molecule has 1 fully saturated rings. The molecular formula is C22H23ClN2O3. The minimum absolute atomic E-state index is 0.00780. The highest BCUT2D eigenvalue weighted by atomic mass is 35.5. The monoisotopic (exact) mass is 398 g/mol. The van der Waals surface area contributed by atoms with Crippen molar-refractivity contribution >= 4 is 28.5 Å². The van der Waals surface area contributed by atoms with Gasteiger partial charge in [0.1, 0.15) is 0 Å². The molecular weight excluding hydrogens is 376 g/mol. The Balaban J connectivity index is 1.49. The van der Waals surface area contributed by atoms with E-state index in [0.29, 0.717) is 36.1 Å². The van der Waals surface area contributed by atoms with Crippen molar-refractivity contribution in [3.05, 3.63) is 64.1 Å². The Labute approximate surface area is 169 Å². The molecule has 1 atom stereocenters. The molecule has 3 heterocycles. The highest BCUT2D eigenvalue weighted by molar-refractivity contribution is 6.35. The van der Waals surface area contributed by atoms with E-state index >= 15 is 0 Å². The fourth-order valence-electron chi connectivity index (χ4n) is 3.72. The van der Waals surface area contributed by atoms with Gasteiger partial charge in [0, 0.05) is 36.4 Å². The third-order valence-corrected chi connectivity index (χ3v) is 5.49. The number of halogens is 1. The van der Waals surface area contributed by atoms with Gasteiger partial charge in [0.25, 0.3) is 5.91 Å². The molecule has 0 N–H and O–H groups in total. The number of fused-ring (bicyclic) bond motifs is 1. The zero-order valence-electron chi connectivity index (χ0n) is 16.1. The molecule has 0 aliphatic carbocycles. The Morgan fingerprint density at radius 3 is 3.04 bits per heavy atom. The number of carbonyl (C=O) groups is 1. The zero-order chi connectivity index (χ0) is 19.7. The highest BCUT2D eigenvalue weighted by Crippen LogP contribution is 2.33. The van der Waals surface area contributed by atoms with Crippen LogP contribution in [0.4, 0.5) is 0 Å². The van der Waals surface area contributed by atoms with Crippen molar-refractivity contribution in [3.63, 3.8) is 0 Å². The molecule has 0 spiro atoms. The minimum Gasteiger partial charge on any atom is -0.449 e. The van der Waals surface area contributed by atoms with Gasteiger partial charge in [0.05, 0.1) is 17.7 Å². The maximum absolute atomic E-state index is 13.1. The number of amides is 1. The van der Waals surface area contributed by atoms with Gasteiger partial charge >= 0.3 is 0 Å². The van der Waals surface area contributed by atoms with Crippen molar-refractivity contribution in [2.45, 2.75) is 39.4 Å². The number of piperidine rings is 1. The van der Waals surface area contributed by atoms with Crippen LogP contribution in [-0.2, 0) is 11.3 Å². The van der Waals surface area contributed by atoms with Crippen molar-refractivity contribution in [1.29, 1.82) is 0 Å². The van der Waals surface area contributed by atoms with Crippen LogP contribution in [0.1, 0.15) is 40.1 Å². The van der Waals surface area contributed by atoms with Gasteiger partial charge in [-0.3, -0.25) is 9.78 Å². The molecule has 3 aromatic rings. The highest BCUT2D eigenvalue weighted by Gasteiger charge is 2.29. The molecule has 0 saturated carbocycles. The Morgan fingerprint density at radius 1 is 1.39 bits per heavy atom. The van der Waals surface area contributed by atoms with Crippen LogP contribution in [0.3, 0.4) is 0 Å². The lowest BCUT2D eigenvalue weighted by molar-refractivity contribution is -0.00759. The van der Waals surface area contributed by atoms with Crippen LogP contribution in [0.2, 0.25) is 5.02 Å². The summed E-state index contributed by atoms with van der Waals surface area (Å²) in [4.78, 5) is 19.1. The number of nitrogens with zero attached hydrogens (tertiary/aromatic N) is 2. The van der Waals surface area contributed by atoms with Crippen LogP contribution in [0, 0.1) is 13.8 Å². The van der Waals surface area contributed by atoms with Gasteiger partial charge in [0.2, 0.25) is 0 Å². The van der Waals surface area contributed by atoms with Gasteiger partial charge in [-0.15, -0.1) is 0 Å². The Hall–Kier alpha value is -2.37. The third kappa shape index (κ3) is 3.77. The van der Waals surface area contributed by atoms with Crippen LogP contribution < -0.4 is 0 Å². The first kappa shape index (κ1) is 19.0. The Bertz CT molecular complexity index is 1000. The van der Waals surface area contributed by atoms with Gasteiger partial charge in [-0.1, -0.05) is 17.7 Å². The standard InChI is InChI=1S/C22H23ClN2O3/c1-14-9-18-15(2)20(28-21(18)19(23)10-14)22(26)25-8-4-6-17(12-25)27-13-16-5-3-7-24-11-16/h3,5,7,9-11,17H,4,6,8,12-13H2,1-2H3/t17-/m1/s1. The molecule has 2 aromatic heterocycles. The topological polar surface area (TPSA) is 55.6 Å². The number of aryl methyl sites for hydroxylation is 2. The van der Waals surface area contributed by atoms with E-state index in [1.807, 2.05) is 43.0 Å². The van der Waals surface area contributed by atoms with Crippen LogP contribution in [0.25, 0.3) is 11.0 Å². The molecule has 1 aromatic carbocycles. The van der Waals surface area contributed by atoms with Crippen molar-refractivity contribution in [3.8, 4) is 0 Å². The molecule has 0 radical (unpaired) electrons. The number of rotatable bonds is 4. The molecule has 1 aliphatic heterocycles. The zero-order valence-corrected chi connectivity index (χ0v) is 16.8. The summed E-state index contributed by atoms with van der Waals surface area (Å²) in [6.45, 7) is 5.65. The number of hydrogen-bond acceptors (Lipinski definition) is 4. The molecule has 6 heteroatoms. The van der Waals surface area contributed by atoms with Gasteiger partial charge < -0.3 is 14.1 Å². The molecule has 5 nitrogen and oxygen atoms in total. The average molecular weight is 399 g/mol. The predicted octanol–water partition coefficient (Wildman–Crippen LogP) is 4.92. The number of ether oxygens (including phenoxy) is 1. The lowest BCUT2D eigenvalue weighted by Crippen LogP contribution is -2.43. The van der Waals surface area contributed by atoms with Gasteiger partial charge in [0.15, 0.2) is 11.3 Å². The fourth-order valence-corrected chi connectivity index (χ4v) is 4.03. The third-order valence-electron chi connectivity index (χ3n) is 5.20. The van der Waals surface area contributed by atoms with Crippen molar-refractivity contribution < 1.29 is 13.9 Å². The predicted molar refractivity (Wildman–Crippen MR) is 109 cm³/mol. The first-order chi connectivity index (χ1) is 13.5. The maximum atomic E-state index is 13.1. The van der Waals surface area contributed by atoms with Gasteiger partial charge in [-0.25, -0.2) is 0 Å². The number of furan rings is 1. The number of likely N-dealkylation sites (tertiary alicyclic amines) is 1. The number of aromatic nitrogens is 1. The van der Waals surface area contributed by atoms with Crippen molar-refractivity contribution in [2.24, 2.45) is 0 Å². The molecule has 1 amide bonds. The van der Waals surface area contributed by atoms with Crippen LogP contribution in [0.15, 0.2) is 41.1 Å². The second-order valence-corrected chi connectivity index (χ2v) is 7.77. The number of carbonyl (C=O) groups excluding carboxylic acids is 1. The molecule has 0 bridgehead atoms. The summed E-state index contributed by atoms with van der Waals surface area (Å²) in [5.41, 5.74) is 3.49. The maximum Gasteiger partial charge on any atom is 0.289 e. The Morgan fingerprint density at radius 2 is 2.25 bits per heavy atom. The lowest BCUT2D eigenvalue weighted by atomic mass is 10.1. The van der Waals surface area contributed by atoms with Crippen molar-refractivity contribution in [1.82, 2.24) is 9.88 Å². The number of benzene rings is 1. The summed E-state index contributed by atoms with van der Waals surface area (Å²) in [5, 5.41) is 1.43. The van der Waals surface area contributed by atoms with E-state index < -0.39 is 0 Å². The van der Waals surface area contributed by atoms with E-state index in [2.05, 4.69) is 4.98 Å². The van der Waals surface area contributed by atoms with E-state index in [9.17, 15) is 4.79 Å². The first-order valence-electron chi connectivity index (χ1n) is 9.52. The molecule has 28 heavy (non-hydrogen) atoms. The fraction of sp³-hybridized carbons (Fsp3) is 0.364. The second kappa shape index (κ2) is 7.94.